The molecule has 0 saturated carbocycles. The van der Waals surface area contributed by atoms with Crippen LogP contribution in [0.4, 0.5) is 15.8 Å². The van der Waals surface area contributed by atoms with Crippen LogP contribution >= 0.6 is 23.2 Å². The molecule has 1 N–H and O–H groups in total. The Kier molecular flexibility index (Phi) is 4.29. The number of amides is 1. The lowest BCUT2D eigenvalue weighted by molar-refractivity contribution is -0.385. The molecule has 21 heavy (non-hydrogen) atoms. The van der Waals surface area contributed by atoms with E-state index in [0.29, 0.717) is 6.07 Å². The molecule has 0 aliphatic carbocycles. The number of benzene rings is 1. The minimum Gasteiger partial charge on any atom is -0.317 e. The fraction of sp³-hybridized carbons (Fsp3) is 0. The monoisotopic (exact) mass is 330 g/mol. The van der Waals surface area contributed by atoms with Gasteiger partial charge in [-0.1, -0.05) is 23.2 Å². The van der Waals surface area contributed by atoms with E-state index >= 15 is 0 Å². The number of non-ortho nitro benzene ring substituents is 1. The van der Waals surface area contributed by atoms with Crippen LogP contribution < -0.4 is 5.32 Å². The van der Waals surface area contributed by atoms with Crippen molar-refractivity contribution < 1.29 is 14.1 Å². The Morgan fingerprint density at radius 2 is 1.86 bits per heavy atom. The number of nitrogens with zero attached hydrogens (tertiary/aromatic N) is 3. The summed E-state index contributed by atoms with van der Waals surface area (Å²) in [5.41, 5.74) is -0.892. The summed E-state index contributed by atoms with van der Waals surface area (Å²) in [5.74, 6) is -1.76. The highest BCUT2D eigenvalue weighted by atomic mass is 35.5. The van der Waals surface area contributed by atoms with Crippen molar-refractivity contribution in [2.45, 2.75) is 0 Å². The Labute approximate surface area is 126 Å². The summed E-state index contributed by atoms with van der Waals surface area (Å²) in [5, 5.41) is 12.7. The molecular formula is C11H5Cl2FN4O3. The van der Waals surface area contributed by atoms with Crippen molar-refractivity contribution in [3.63, 3.8) is 0 Å². The standard InChI is InChI=1S/C11H5Cl2FN4O3/c12-9-8(10(13)16-4-15-9)17-11(19)5-1-6(14)3-7(2-5)18(20)21/h1-4H,(H,17,19). The summed E-state index contributed by atoms with van der Waals surface area (Å²) >= 11 is 11.5. The van der Waals surface area contributed by atoms with Gasteiger partial charge in [-0.2, -0.15) is 0 Å². The second-order valence-electron chi connectivity index (χ2n) is 3.74. The van der Waals surface area contributed by atoms with Crippen molar-refractivity contribution in [1.29, 1.82) is 0 Å². The highest BCUT2D eigenvalue weighted by molar-refractivity contribution is 6.38. The molecule has 0 bridgehead atoms. The molecule has 7 nitrogen and oxygen atoms in total. The van der Waals surface area contributed by atoms with Gasteiger partial charge in [0.25, 0.3) is 11.6 Å². The molecule has 2 rings (SSSR count). The number of nitrogens with one attached hydrogen (secondary N) is 1. The number of rotatable bonds is 3. The summed E-state index contributed by atoms with van der Waals surface area (Å²) in [7, 11) is 0. The predicted molar refractivity (Wildman–Crippen MR) is 73.1 cm³/mol. The average molecular weight is 331 g/mol. The van der Waals surface area contributed by atoms with Gasteiger partial charge in [0.2, 0.25) is 0 Å². The molecule has 1 amide bonds. The third-order valence-corrected chi connectivity index (χ3v) is 2.92. The second-order valence-corrected chi connectivity index (χ2v) is 4.46. The van der Waals surface area contributed by atoms with Gasteiger partial charge in [0, 0.05) is 11.6 Å². The largest absolute Gasteiger partial charge is 0.317 e. The first-order valence-corrected chi connectivity index (χ1v) is 6.06. The number of aromatic nitrogens is 2. The first-order chi connectivity index (χ1) is 9.88. The van der Waals surface area contributed by atoms with Gasteiger partial charge in [-0.25, -0.2) is 14.4 Å². The number of nitro groups is 1. The number of halogens is 3. The smallest absolute Gasteiger partial charge is 0.273 e. The number of nitro benzene ring substituents is 1. The van der Waals surface area contributed by atoms with Crippen LogP contribution in [0.5, 0.6) is 0 Å². The van der Waals surface area contributed by atoms with Gasteiger partial charge in [0.15, 0.2) is 10.3 Å². The number of anilines is 1. The van der Waals surface area contributed by atoms with E-state index in [-0.39, 0.29) is 21.6 Å². The van der Waals surface area contributed by atoms with Crippen LogP contribution in [0.1, 0.15) is 10.4 Å². The third-order valence-electron chi connectivity index (χ3n) is 2.35. The van der Waals surface area contributed by atoms with Crippen LogP contribution in [0, 0.1) is 15.9 Å². The zero-order valence-electron chi connectivity index (χ0n) is 10.0. The Balaban J connectivity index is 2.35. The highest BCUT2D eigenvalue weighted by Crippen LogP contribution is 2.26. The van der Waals surface area contributed by atoms with Gasteiger partial charge in [0.1, 0.15) is 17.8 Å². The number of hydrogen-bond acceptors (Lipinski definition) is 5. The van der Waals surface area contributed by atoms with Crippen molar-refractivity contribution in [3.05, 3.63) is 56.3 Å². The maximum absolute atomic E-state index is 13.3. The lowest BCUT2D eigenvalue weighted by atomic mass is 10.2. The summed E-state index contributed by atoms with van der Waals surface area (Å²) in [6.45, 7) is 0. The number of carbonyl (C=O) groups is 1. The lowest BCUT2D eigenvalue weighted by Gasteiger charge is -2.07. The van der Waals surface area contributed by atoms with Crippen molar-refractivity contribution in [3.8, 4) is 0 Å². The van der Waals surface area contributed by atoms with Crippen molar-refractivity contribution in [2.24, 2.45) is 0 Å². The average Bonchev–Trinajstić information content (AvgIpc) is 2.42. The minimum atomic E-state index is -0.921. The fourth-order valence-electron chi connectivity index (χ4n) is 1.44. The highest BCUT2D eigenvalue weighted by Gasteiger charge is 2.17. The summed E-state index contributed by atoms with van der Waals surface area (Å²) in [4.78, 5) is 29.0. The topological polar surface area (TPSA) is 98.0 Å². The second kappa shape index (κ2) is 5.98. The van der Waals surface area contributed by atoms with Crippen molar-refractivity contribution in [2.75, 3.05) is 5.32 Å². The zero-order valence-corrected chi connectivity index (χ0v) is 11.5. The molecule has 0 fully saturated rings. The molecule has 1 heterocycles. The van der Waals surface area contributed by atoms with Crippen LogP contribution in [0.3, 0.4) is 0 Å². The predicted octanol–water partition coefficient (Wildman–Crippen LogP) is 3.08. The molecule has 0 radical (unpaired) electrons. The van der Waals surface area contributed by atoms with Crippen LogP contribution in [0.25, 0.3) is 0 Å². The first-order valence-electron chi connectivity index (χ1n) is 5.31. The van der Waals surface area contributed by atoms with Crippen LogP contribution in [-0.4, -0.2) is 20.8 Å². The van der Waals surface area contributed by atoms with Crippen molar-refractivity contribution >= 4 is 40.5 Å². The van der Waals surface area contributed by atoms with Crippen LogP contribution in [0.2, 0.25) is 10.3 Å². The van der Waals surface area contributed by atoms with E-state index in [1.54, 1.807) is 0 Å². The lowest BCUT2D eigenvalue weighted by Crippen LogP contribution is -2.14. The van der Waals surface area contributed by atoms with Gasteiger partial charge in [0.05, 0.1) is 11.0 Å². The molecule has 10 heteroatoms. The van der Waals surface area contributed by atoms with Gasteiger partial charge >= 0.3 is 0 Å². The molecule has 0 aliphatic heterocycles. The van der Waals surface area contributed by atoms with E-state index < -0.39 is 22.3 Å². The summed E-state index contributed by atoms with van der Waals surface area (Å²) in [6, 6.07) is 2.46. The molecule has 0 aliphatic rings. The fourth-order valence-corrected chi connectivity index (χ4v) is 1.85. The van der Waals surface area contributed by atoms with Gasteiger partial charge in [-0.05, 0) is 6.07 Å². The SMILES string of the molecule is O=C(Nc1c(Cl)ncnc1Cl)c1cc(F)cc([N+](=O)[O-])c1. The Morgan fingerprint density at radius 3 is 2.43 bits per heavy atom. The molecule has 0 spiro atoms. The van der Waals surface area contributed by atoms with Gasteiger partial charge in [-0.15, -0.1) is 0 Å². The van der Waals surface area contributed by atoms with Crippen LogP contribution in [-0.2, 0) is 0 Å². The Hall–Kier alpha value is -2.32. The minimum absolute atomic E-state index is 0.0715. The van der Waals surface area contributed by atoms with E-state index in [0.717, 1.165) is 18.5 Å². The van der Waals surface area contributed by atoms with E-state index in [1.807, 2.05) is 0 Å². The molecular weight excluding hydrogens is 326 g/mol. The van der Waals surface area contributed by atoms with Crippen LogP contribution in [0.15, 0.2) is 24.5 Å². The normalized spacial score (nSPS) is 10.2. The molecule has 0 saturated heterocycles. The third kappa shape index (κ3) is 3.41. The Bertz CT molecular complexity index is 721. The molecule has 2 aromatic rings. The zero-order chi connectivity index (χ0) is 15.6. The molecule has 0 unspecified atom stereocenters. The maximum atomic E-state index is 13.3. The van der Waals surface area contributed by atoms with E-state index in [1.165, 1.54) is 0 Å². The maximum Gasteiger partial charge on any atom is 0.273 e. The molecule has 1 aromatic carbocycles. The van der Waals surface area contributed by atoms with Gasteiger partial charge < -0.3 is 5.32 Å². The molecule has 0 atom stereocenters. The van der Waals surface area contributed by atoms with E-state index in [4.69, 9.17) is 23.2 Å². The van der Waals surface area contributed by atoms with Crippen molar-refractivity contribution in [1.82, 2.24) is 9.97 Å². The first kappa shape index (κ1) is 15.1. The number of carbonyl (C=O) groups excluding carboxylic acids is 1. The quantitative estimate of drug-likeness (QED) is 0.529. The van der Waals surface area contributed by atoms with Gasteiger partial charge in [-0.3, -0.25) is 14.9 Å². The van der Waals surface area contributed by atoms with E-state index in [9.17, 15) is 19.3 Å². The van der Waals surface area contributed by atoms with E-state index in [2.05, 4.69) is 15.3 Å². The Morgan fingerprint density at radius 1 is 1.24 bits per heavy atom. The number of hydrogen-bond donors (Lipinski definition) is 1. The summed E-state index contributed by atoms with van der Waals surface area (Å²) < 4.78 is 13.3. The summed E-state index contributed by atoms with van der Waals surface area (Å²) in [6.07, 6.45) is 1.09. The molecule has 108 valence electrons. The molecule has 1 aromatic heterocycles.